The van der Waals surface area contributed by atoms with Gasteiger partial charge in [-0.25, -0.2) is 18.7 Å². The first-order valence-electron chi connectivity index (χ1n) is 11.1. The Labute approximate surface area is 203 Å². The van der Waals surface area contributed by atoms with E-state index in [-0.39, 0.29) is 22.8 Å². The van der Waals surface area contributed by atoms with Crippen LogP contribution in [-0.2, 0) is 29.8 Å². The molecule has 0 bridgehead atoms. The number of hydrogen-bond donors (Lipinski definition) is 3. The summed E-state index contributed by atoms with van der Waals surface area (Å²) in [5, 5.41) is 2.56. The molecule has 2 unspecified atom stereocenters. The summed E-state index contributed by atoms with van der Waals surface area (Å²) in [6.45, 7) is 2.10. The molecule has 1 aliphatic heterocycles. The van der Waals surface area contributed by atoms with Crippen LogP contribution >= 0.6 is 11.6 Å². The number of pyridine rings is 1. The van der Waals surface area contributed by atoms with Gasteiger partial charge in [0, 0.05) is 36.6 Å². The molecule has 2 aromatic heterocycles. The molecule has 3 atom stereocenters. The van der Waals surface area contributed by atoms with Crippen molar-refractivity contribution in [3.05, 3.63) is 76.6 Å². The molecular weight excluding hydrogens is 477 g/mol. The molecule has 0 fully saturated rings. The summed E-state index contributed by atoms with van der Waals surface area (Å²) in [5.41, 5.74) is 2.28. The van der Waals surface area contributed by atoms with Crippen LogP contribution in [0.5, 0.6) is 0 Å². The van der Waals surface area contributed by atoms with Crippen LogP contribution < -0.4 is 10.0 Å². The third-order valence-electron chi connectivity index (χ3n) is 6.23. The minimum atomic E-state index is -3.32. The first-order chi connectivity index (χ1) is 16.1. The van der Waals surface area contributed by atoms with Crippen molar-refractivity contribution in [1.82, 2.24) is 14.3 Å². The van der Waals surface area contributed by atoms with Gasteiger partial charge in [-0.2, -0.15) is 4.39 Å². The monoisotopic (exact) mass is 503 g/mol. The molecule has 0 saturated carbocycles. The number of hydrogen-bond acceptors (Lipinski definition) is 4. The van der Waals surface area contributed by atoms with Gasteiger partial charge in [-0.1, -0.05) is 48.9 Å². The van der Waals surface area contributed by atoms with Crippen LogP contribution in [-0.4, -0.2) is 25.7 Å². The van der Waals surface area contributed by atoms with Crippen molar-refractivity contribution >= 4 is 33.1 Å². The maximum absolute atomic E-state index is 13.6. The van der Waals surface area contributed by atoms with Crippen molar-refractivity contribution in [1.29, 1.82) is 4.78 Å². The van der Waals surface area contributed by atoms with E-state index in [0.717, 1.165) is 18.9 Å². The van der Waals surface area contributed by atoms with E-state index in [1.165, 1.54) is 11.6 Å². The molecule has 0 saturated heterocycles. The number of benzene rings is 1. The zero-order chi connectivity index (χ0) is 24.5. The summed E-state index contributed by atoms with van der Waals surface area (Å²) < 4.78 is 40.2. The lowest BCUT2D eigenvalue weighted by molar-refractivity contribution is 0.101. The highest BCUT2D eigenvalue weighted by molar-refractivity contribution is 7.90. The number of carbonyl (C=O) groups is 1. The van der Waals surface area contributed by atoms with Crippen LogP contribution in [0.25, 0.3) is 0 Å². The first kappa shape index (κ1) is 24.4. The van der Waals surface area contributed by atoms with E-state index in [4.69, 9.17) is 16.4 Å². The molecular formula is C24H27ClFN5O2S. The predicted octanol–water partition coefficient (Wildman–Crippen LogP) is 4.96. The Morgan fingerprint density at radius 3 is 2.82 bits per heavy atom. The number of amides is 1. The van der Waals surface area contributed by atoms with E-state index in [1.807, 2.05) is 18.2 Å². The van der Waals surface area contributed by atoms with Crippen LogP contribution in [0.2, 0.25) is 5.15 Å². The minimum Gasteiger partial charge on any atom is -0.345 e. The number of carbonyl (C=O) groups excluding carboxylic acids is 1. The van der Waals surface area contributed by atoms with Gasteiger partial charge in [0.1, 0.15) is 20.8 Å². The number of aromatic nitrogens is 2. The van der Waals surface area contributed by atoms with E-state index in [0.29, 0.717) is 29.0 Å². The van der Waals surface area contributed by atoms with Crippen LogP contribution in [0.3, 0.4) is 0 Å². The lowest BCUT2D eigenvalue weighted by Gasteiger charge is -2.24. The molecule has 0 aliphatic carbocycles. The summed E-state index contributed by atoms with van der Waals surface area (Å²) in [6.07, 6.45) is 4.49. The zero-order valence-corrected chi connectivity index (χ0v) is 20.5. The maximum atomic E-state index is 13.6. The van der Waals surface area contributed by atoms with Crippen LogP contribution in [0, 0.1) is 16.6 Å². The molecule has 3 aromatic rings. The lowest BCUT2D eigenvalue weighted by atomic mass is 9.91. The van der Waals surface area contributed by atoms with E-state index in [1.54, 1.807) is 17.8 Å². The highest BCUT2D eigenvalue weighted by atomic mass is 35.5. The summed E-state index contributed by atoms with van der Waals surface area (Å²) >= 11 is 5.80. The highest BCUT2D eigenvalue weighted by Crippen LogP contribution is 2.31. The topological polar surface area (TPSA) is 99.9 Å². The van der Waals surface area contributed by atoms with Crippen LogP contribution in [0.15, 0.2) is 53.6 Å². The molecule has 1 amide bonds. The fourth-order valence-corrected chi connectivity index (χ4v) is 6.39. The van der Waals surface area contributed by atoms with Gasteiger partial charge >= 0.3 is 0 Å². The van der Waals surface area contributed by atoms with Crippen LogP contribution in [0.4, 0.5) is 10.1 Å². The van der Waals surface area contributed by atoms with E-state index in [2.05, 4.69) is 34.1 Å². The summed E-state index contributed by atoms with van der Waals surface area (Å²) in [6, 6.07) is 12.5. The summed E-state index contributed by atoms with van der Waals surface area (Å²) in [5.74, 6) is -1.11. The van der Waals surface area contributed by atoms with E-state index in [9.17, 15) is 13.4 Å². The second-order valence-corrected chi connectivity index (χ2v) is 10.9. The SMILES string of the molecule is C[C@@H](CCc1ccccc1)C1CCc2c(cn(C)c2C(=O)Nc2cc(F)nc(Cl)c2)S(=N)(=O)N1. The molecule has 3 heterocycles. The predicted molar refractivity (Wildman–Crippen MR) is 131 cm³/mol. The van der Waals surface area contributed by atoms with Crippen molar-refractivity contribution in [3.8, 4) is 0 Å². The molecule has 10 heteroatoms. The first-order valence-corrected chi connectivity index (χ1v) is 13.0. The van der Waals surface area contributed by atoms with Gasteiger partial charge < -0.3 is 9.88 Å². The fourth-order valence-electron chi connectivity index (χ4n) is 4.44. The molecule has 1 aromatic carbocycles. The van der Waals surface area contributed by atoms with E-state index >= 15 is 0 Å². The molecule has 0 radical (unpaired) electrons. The van der Waals surface area contributed by atoms with Gasteiger partial charge in [0.2, 0.25) is 5.95 Å². The zero-order valence-electron chi connectivity index (χ0n) is 19.0. The lowest BCUT2D eigenvalue weighted by Crippen LogP contribution is -2.37. The second-order valence-electron chi connectivity index (χ2n) is 8.71. The number of nitrogens with zero attached hydrogens (tertiary/aromatic N) is 2. The summed E-state index contributed by atoms with van der Waals surface area (Å²) in [7, 11) is -1.65. The second kappa shape index (κ2) is 9.85. The molecule has 0 spiro atoms. The Morgan fingerprint density at radius 2 is 2.12 bits per heavy atom. The standard InChI is InChI=1S/C24H27ClFN5O2S/c1-15(8-9-16-6-4-3-5-7-16)19-11-10-18-20(34(27,33)30-19)14-31(2)23(18)24(32)28-17-12-21(25)29-22(26)13-17/h3-7,12-15,19H,8-11H2,1-2H3,(H2,27,30,33)(H,28,29,32)/t15-,19?,34?/m0/s1. The van der Waals surface area contributed by atoms with Gasteiger partial charge in [-0.05, 0) is 43.2 Å². The number of rotatable bonds is 6. The largest absolute Gasteiger partial charge is 0.345 e. The van der Waals surface area contributed by atoms with Crippen molar-refractivity contribution in [2.45, 2.75) is 43.5 Å². The number of aryl methyl sites for hydroxylation is 2. The third-order valence-corrected chi connectivity index (χ3v) is 8.03. The average molecular weight is 504 g/mol. The quantitative estimate of drug-likeness (QED) is 0.414. The van der Waals surface area contributed by atoms with Gasteiger partial charge in [-0.3, -0.25) is 4.79 Å². The number of nitrogens with one attached hydrogen (secondary N) is 3. The Bertz CT molecular complexity index is 1290. The summed E-state index contributed by atoms with van der Waals surface area (Å²) in [4.78, 5) is 16.9. The van der Waals surface area contributed by atoms with Crippen molar-refractivity contribution in [3.63, 3.8) is 0 Å². The van der Waals surface area contributed by atoms with Gasteiger partial charge in [0.25, 0.3) is 5.91 Å². The third kappa shape index (κ3) is 5.32. The van der Waals surface area contributed by atoms with Crippen LogP contribution in [0.1, 0.15) is 41.4 Å². The minimum absolute atomic E-state index is 0.0771. The Morgan fingerprint density at radius 1 is 1.38 bits per heavy atom. The number of halogens is 2. The molecule has 180 valence electrons. The Balaban J connectivity index is 1.54. The molecule has 4 rings (SSSR count). The smallest absolute Gasteiger partial charge is 0.272 e. The van der Waals surface area contributed by atoms with E-state index < -0.39 is 21.8 Å². The molecule has 7 nitrogen and oxygen atoms in total. The maximum Gasteiger partial charge on any atom is 0.272 e. The highest BCUT2D eigenvalue weighted by Gasteiger charge is 2.32. The molecule has 3 N–H and O–H groups in total. The van der Waals surface area contributed by atoms with Crippen molar-refractivity contribution in [2.75, 3.05) is 5.32 Å². The van der Waals surface area contributed by atoms with Gasteiger partial charge in [0.05, 0.1) is 4.90 Å². The average Bonchev–Trinajstić information content (AvgIpc) is 3.05. The number of fused-ring (bicyclic) bond motifs is 1. The number of anilines is 1. The molecule has 34 heavy (non-hydrogen) atoms. The normalized spacial score (nSPS) is 20.9. The molecule has 1 aliphatic rings. The fraction of sp³-hybridized carbons (Fsp3) is 0.333. The van der Waals surface area contributed by atoms with Crippen molar-refractivity contribution < 1.29 is 13.4 Å². The Hall–Kier alpha value is -2.75. The van der Waals surface area contributed by atoms with Gasteiger partial charge in [0.15, 0.2) is 0 Å². The van der Waals surface area contributed by atoms with Crippen molar-refractivity contribution in [2.24, 2.45) is 13.0 Å². The Kier molecular flexibility index (Phi) is 7.06. The van der Waals surface area contributed by atoms with Gasteiger partial charge in [-0.15, -0.1) is 0 Å².